The van der Waals surface area contributed by atoms with Crippen molar-refractivity contribution in [1.29, 1.82) is 0 Å². The van der Waals surface area contributed by atoms with Crippen molar-refractivity contribution in [1.82, 2.24) is 9.97 Å². The van der Waals surface area contributed by atoms with Crippen LogP contribution < -0.4 is 4.90 Å². The first-order valence-corrected chi connectivity index (χ1v) is 9.06. The minimum atomic E-state index is 0.786. The lowest BCUT2D eigenvalue weighted by Crippen LogP contribution is -2.26. The minimum absolute atomic E-state index is 0.786. The molecule has 2 aromatic carbocycles. The van der Waals surface area contributed by atoms with E-state index in [1.54, 1.807) is 0 Å². The first kappa shape index (κ1) is 17.2. The summed E-state index contributed by atoms with van der Waals surface area (Å²) in [5, 5.41) is 0. The van der Waals surface area contributed by atoms with E-state index < -0.39 is 0 Å². The molecule has 0 aliphatic carbocycles. The van der Waals surface area contributed by atoms with Gasteiger partial charge in [-0.15, -0.1) is 0 Å². The van der Waals surface area contributed by atoms with Gasteiger partial charge in [-0.2, -0.15) is 0 Å². The SMILES string of the molecule is CCCN(CCC)c1cc(-c2ccccc2)nc(-c2ccccc2)n1. The Kier molecular flexibility index (Phi) is 5.78. The van der Waals surface area contributed by atoms with Gasteiger partial charge in [-0.05, 0) is 12.8 Å². The quantitative estimate of drug-likeness (QED) is 0.577. The number of anilines is 1. The third-order valence-electron chi connectivity index (χ3n) is 4.13. The van der Waals surface area contributed by atoms with Crippen molar-refractivity contribution >= 4 is 5.82 Å². The predicted octanol–water partition coefficient (Wildman–Crippen LogP) is 5.44. The summed E-state index contributed by atoms with van der Waals surface area (Å²) in [5.41, 5.74) is 3.15. The number of hydrogen-bond donors (Lipinski definition) is 0. The molecule has 3 heteroatoms. The zero-order valence-electron chi connectivity index (χ0n) is 15.0. The maximum atomic E-state index is 4.88. The van der Waals surface area contributed by atoms with Gasteiger partial charge in [0.2, 0.25) is 0 Å². The molecule has 0 saturated heterocycles. The van der Waals surface area contributed by atoms with Crippen LogP contribution in [0.15, 0.2) is 66.7 Å². The van der Waals surface area contributed by atoms with E-state index in [2.05, 4.69) is 61.2 Å². The van der Waals surface area contributed by atoms with E-state index in [1.807, 2.05) is 24.3 Å². The minimum Gasteiger partial charge on any atom is -0.357 e. The summed E-state index contributed by atoms with van der Waals surface area (Å²) in [6.45, 7) is 6.43. The molecule has 3 aromatic rings. The monoisotopic (exact) mass is 331 g/mol. The second-order valence-corrected chi connectivity index (χ2v) is 6.15. The predicted molar refractivity (Wildman–Crippen MR) is 106 cm³/mol. The Labute approximate surface area is 150 Å². The summed E-state index contributed by atoms with van der Waals surface area (Å²) in [6, 6.07) is 22.7. The Morgan fingerprint density at radius 3 is 1.84 bits per heavy atom. The van der Waals surface area contributed by atoms with Crippen LogP contribution in [0.4, 0.5) is 5.82 Å². The van der Waals surface area contributed by atoms with E-state index in [0.29, 0.717) is 0 Å². The molecular weight excluding hydrogens is 306 g/mol. The van der Waals surface area contributed by atoms with Crippen molar-refractivity contribution in [2.75, 3.05) is 18.0 Å². The average molecular weight is 331 g/mol. The van der Waals surface area contributed by atoms with Gasteiger partial charge in [0.1, 0.15) is 5.82 Å². The Hall–Kier alpha value is -2.68. The first-order chi connectivity index (χ1) is 12.3. The van der Waals surface area contributed by atoms with Crippen molar-refractivity contribution in [2.45, 2.75) is 26.7 Å². The van der Waals surface area contributed by atoms with Crippen molar-refractivity contribution in [3.05, 3.63) is 66.7 Å². The third-order valence-corrected chi connectivity index (χ3v) is 4.13. The molecule has 25 heavy (non-hydrogen) atoms. The van der Waals surface area contributed by atoms with Crippen LogP contribution in [0.3, 0.4) is 0 Å². The summed E-state index contributed by atoms with van der Waals surface area (Å²) in [6.07, 6.45) is 2.21. The number of benzene rings is 2. The Bertz CT molecular complexity index is 721. The number of hydrogen-bond acceptors (Lipinski definition) is 3. The van der Waals surface area contributed by atoms with Gasteiger partial charge in [0.15, 0.2) is 5.82 Å². The molecule has 0 unspecified atom stereocenters. The summed E-state index contributed by atoms with van der Waals surface area (Å²) in [7, 11) is 0. The largest absolute Gasteiger partial charge is 0.357 e. The van der Waals surface area contributed by atoms with Gasteiger partial charge in [-0.3, -0.25) is 0 Å². The topological polar surface area (TPSA) is 29.0 Å². The van der Waals surface area contributed by atoms with Gasteiger partial charge in [-0.25, -0.2) is 9.97 Å². The lowest BCUT2D eigenvalue weighted by Gasteiger charge is -2.23. The maximum Gasteiger partial charge on any atom is 0.162 e. The van der Waals surface area contributed by atoms with E-state index >= 15 is 0 Å². The molecule has 0 amide bonds. The van der Waals surface area contributed by atoms with Gasteiger partial charge in [0.05, 0.1) is 5.69 Å². The molecule has 3 rings (SSSR count). The fourth-order valence-corrected chi connectivity index (χ4v) is 2.95. The number of aromatic nitrogens is 2. The lowest BCUT2D eigenvalue weighted by molar-refractivity contribution is 0.733. The number of rotatable bonds is 7. The molecule has 0 aliphatic rings. The van der Waals surface area contributed by atoms with Gasteiger partial charge >= 0.3 is 0 Å². The molecule has 3 nitrogen and oxygen atoms in total. The Balaban J connectivity index is 2.11. The summed E-state index contributed by atoms with van der Waals surface area (Å²) in [5.74, 6) is 1.80. The smallest absolute Gasteiger partial charge is 0.162 e. The molecule has 0 spiro atoms. The van der Waals surface area contributed by atoms with E-state index in [0.717, 1.165) is 54.4 Å². The zero-order valence-corrected chi connectivity index (χ0v) is 15.0. The number of nitrogens with zero attached hydrogens (tertiary/aromatic N) is 3. The van der Waals surface area contributed by atoms with Crippen LogP contribution in [0.2, 0.25) is 0 Å². The highest BCUT2D eigenvalue weighted by atomic mass is 15.2. The van der Waals surface area contributed by atoms with Gasteiger partial charge in [0, 0.05) is 30.3 Å². The molecule has 1 heterocycles. The molecular formula is C22H25N3. The normalized spacial score (nSPS) is 10.6. The first-order valence-electron chi connectivity index (χ1n) is 9.06. The van der Waals surface area contributed by atoms with Crippen LogP contribution in [0.1, 0.15) is 26.7 Å². The van der Waals surface area contributed by atoms with Crippen LogP contribution in [0, 0.1) is 0 Å². The molecule has 128 valence electrons. The van der Waals surface area contributed by atoms with Gasteiger partial charge in [0.25, 0.3) is 0 Å². The molecule has 1 aromatic heterocycles. The second-order valence-electron chi connectivity index (χ2n) is 6.15. The van der Waals surface area contributed by atoms with Crippen molar-refractivity contribution < 1.29 is 0 Å². The molecule has 0 saturated carbocycles. The highest BCUT2D eigenvalue weighted by Crippen LogP contribution is 2.26. The van der Waals surface area contributed by atoms with Crippen molar-refractivity contribution in [3.63, 3.8) is 0 Å². The molecule has 0 radical (unpaired) electrons. The Morgan fingerprint density at radius 1 is 0.720 bits per heavy atom. The molecule has 0 bridgehead atoms. The highest BCUT2D eigenvalue weighted by Gasteiger charge is 2.13. The van der Waals surface area contributed by atoms with Crippen LogP contribution in [0.25, 0.3) is 22.6 Å². The highest BCUT2D eigenvalue weighted by molar-refractivity contribution is 5.67. The van der Waals surface area contributed by atoms with E-state index in [1.165, 1.54) is 0 Å². The van der Waals surface area contributed by atoms with Crippen LogP contribution in [0.5, 0.6) is 0 Å². The zero-order chi connectivity index (χ0) is 17.5. The third kappa shape index (κ3) is 4.24. The van der Waals surface area contributed by atoms with Crippen LogP contribution in [-0.4, -0.2) is 23.1 Å². The van der Waals surface area contributed by atoms with E-state index in [-0.39, 0.29) is 0 Å². The second kappa shape index (κ2) is 8.43. The lowest BCUT2D eigenvalue weighted by atomic mass is 10.1. The van der Waals surface area contributed by atoms with Crippen LogP contribution >= 0.6 is 0 Å². The molecule has 0 fully saturated rings. The fraction of sp³-hybridized carbons (Fsp3) is 0.273. The standard InChI is InChI=1S/C22H25N3/c1-3-15-25(16-4-2)21-17-20(18-11-7-5-8-12-18)23-22(24-21)19-13-9-6-10-14-19/h5-14,17H,3-4,15-16H2,1-2H3. The molecule has 0 atom stereocenters. The molecule has 0 aliphatic heterocycles. The van der Waals surface area contributed by atoms with Crippen LogP contribution in [-0.2, 0) is 0 Å². The van der Waals surface area contributed by atoms with Crippen molar-refractivity contribution in [3.8, 4) is 22.6 Å². The van der Waals surface area contributed by atoms with Gasteiger partial charge < -0.3 is 4.90 Å². The summed E-state index contributed by atoms with van der Waals surface area (Å²) in [4.78, 5) is 12.1. The maximum absolute atomic E-state index is 4.88. The summed E-state index contributed by atoms with van der Waals surface area (Å²) >= 11 is 0. The average Bonchev–Trinajstić information content (AvgIpc) is 2.69. The van der Waals surface area contributed by atoms with Crippen molar-refractivity contribution in [2.24, 2.45) is 0 Å². The summed E-state index contributed by atoms with van der Waals surface area (Å²) < 4.78 is 0. The molecule has 0 N–H and O–H groups in total. The fourth-order valence-electron chi connectivity index (χ4n) is 2.95. The van der Waals surface area contributed by atoms with E-state index in [9.17, 15) is 0 Å². The Morgan fingerprint density at radius 2 is 1.28 bits per heavy atom. The van der Waals surface area contributed by atoms with E-state index in [4.69, 9.17) is 9.97 Å². The van der Waals surface area contributed by atoms with Gasteiger partial charge in [-0.1, -0.05) is 74.5 Å².